The van der Waals surface area contributed by atoms with E-state index < -0.39 is 0 Å². The fraction of sp³-hybridized carbons (Fsp3) is 0.357. The van der Waals surface area contributed by atoms with E-state index in [2.05, 4.69) is 21.0 Å². The Kier molecular flexibility index (Phi) is 2.70. The molecule has 2 aromatic heterocycles. The van der Waals surface area contributed by atoms with E-state index in [1.807, 2.05) is 13.0 Å². The molecule has 0 saturated heterocycles. The van der Waals surface area contributed by atoms with Gasteiger partial charge in [-0.1, -0.05) is 6.07 Å². The number of methoxy groups -OCH3 is 1. The lowest BCUT2D eigenvalue weighted by Crippen LogP contribution is -2.00. The molecule has 1 fully saturated rings. The van der Waals surface area contributed by atoms with E-state index in [4.69, 9.17) is 4.74 Å². The van der Waals surface area contributed by atoms with Crippen molar-refractivity contribution >= 4 is 0 Å². The summed E-state index contributed by atoms with van der Waals surface area (Å²) >= 11 is 0. The predicted octanol–water partition coefficient (Wildman–Crippen LogP) is 2.73. The Morgan fingerprint density at radius 1 is 1.22 bits per heavy atom. The fourth-order valence-electron chi connectivity index (χ4n) is 2.20. The second-order valence-corrected chi connectivity index (χ2v) is 4.55. The summed E-state index contributed by atoms with van der Waals surface area (Å²) in [6.07, 6.45) is 5.78. The third-order valence-electron chi connectivity index (χ3n) is 3.28. The summed E-state index contributed by atoms with van der Waals surface area (Å²) in [6, 6.07) is 3.99. The summed E-state index contributed by atoms with van der Waals surface area (Å²) in [7, 11) is 1.65. The van der Waals surface area contributed by atoms with Gasteiger partial charge in [0.2, 0.25) is 5.88 Å². The summed E-state index contributed by atoms with van der Waals surface area (Å²) < 4.78 is 5.39. The monoisotopic (exact) mass is 241 g/mol. The molecule has 0 atom stereocenters. The van der Waals surface area contributed by atoms with Gasteiger partial charge in [0, 0.05) is 23.4 Å². The lowest BCUT2D eigenvalue weighted by Gasteiger charge is -2.13. The van der Waals surface area contributed by atoms with Crippen molar-refractivity contribution in [1.29, 1.82) is 0 Å². The Labute approximate surface area is 106 Å². The van der Waals surface area contributed by atoms with Crippen molar-refractivity contribution < 1.29 is 4.74 Å². The zero-order valence-electron chi connectivity index (χ0n) is 10.6. The van der Waals surface area contributed by atoms with E-state index in [0.29, 0.717) is 11.8 Å². The van der Waals surface area contributed by atoms with E-state index in [1.54, 1.807) is 19.6 Å². The fourth-order valence-corrected chi connectivity index (χ4v) is 2.20. The summed E-state index contributed by atoms with van der Waals surface area (Å²) in [5, 5.41) is 0. The van der Waals surface area contributed by atoms with Crippen LogP contribution >= 0.6 is 0 Å². The number of hydrogen-bond donors (Lipinski definition) is 0. The molecule has 3 rings (SSSR count). The van der Waals surface area contributed by atoms with Crippen molar-refractivity contribution in [2.75, 3.05) is 7.11 Å². The number of hydrogen-bond acceptors (Lipinski definition) is 4. The lowest BCUT2D eigenvalue weighted by atomic mass is 10.0. The van der Waals surface area contributed by atoms with Crippen molar-refractivity contribution in [3.8, 4) is 17.0 Å². The molecule has 1 aliphatic carbocycles. The van der Waals surface area contributed by atoms with E-state index in [0.717, 1.165) is 22.5 Å². The van der Waals surface area contributed by atoms with Gasteiger partial charge in [0.15, 0.2) is 0 Å². The first-order valence-electron chi connectivity index (χ1n) is 6.12. The van der Waals surface area contributed by atoms with Gasteiger partial charge in [-0.25, -0.2) is 9.97 Å². The highest BCUT2D eigenvalue weighted by atomic mass is 16.5. The van der Waals surface area contributed by atoms with E-state index in [9.17, 15) is 0 Å². The molecule has 0 aliphatic heterocycles. The number of rotatable bonds is 3. The number of ether oxygens (including phenoxy) is 1. The molecule has 0 radical (unpaired) electrons. The molecule has 4 nitrogen and oxygen atoms in total. The molecule has 0 amide bonds. The number of aromatic nitrogens is 3. The molecule has 0 unspecified atom stereocenters. The van der Waals surface area contributed by atoms with Crippen LogP contribution in [0.3, 0.4) is 0 Å². The molecule has 4 heteroatoms. The molecule has 2 heterocycles. The molecule has 1 aliphatic rings. The second-order valence-electron chi connectivity index (χ2n) is 4.55. The van der Waals surface area contributed by atoms with Gasteiger partial charge in [-0.05, 0) is 25.8 Å². The molecule has 2 aromatic rings. The van der Waals surface area contributed by atoms with Gasteiger partial charge in [-0.3, -0.25) is 4.98 Å². The topological polar surface area (TPSA) is 47.9 Å². The zero-order chi connectivity index (χ0) is 12.5. The minimum absolute atomic E-state index is 0.552. The molecule has 18 heavy (non-hydrogen) atoms. The van der Waals surface area contributed by atoms with Gasteiger partial charge in [0.05, 0.1) is 18.4 Å². The first-order valence-corrected chi connectivity index (χ1v) is 6.12. The van der Waals surface area contributed by atoms with Gasteiger partial charge in [0.25, 0.3) is 0 Å². The van der Waals surface area contributed by atoms with Gasteiger partial charge in [-0.15, -0.1) is 0 Å². The van der Waals surface area contributed by atoms with Crippen LogP contribution in [-0.2, 0) is 0 Å². The van der Waals surface area contributed by atoms with Crippen molar-refractivity contribution in [2.45, 2.75) is 25.7 Å². The normalized spacial score (nSPS) is 14.6. The van der Waals surface area contributed by atoms with Crippen LogP contribution in [0.25, 0.3) is 11.1 Å². The molecule has 0 N–H and O–H groups in total. The molecular formula is C14H15N3O. The standard InChI is InChI=1S/C14H15N3O/c1-9-11(4-3-7-15-9)12-13(10-5-6-10)16-8-17-14(12)18-2/h3-4,7-8,10H,5-6H2,1-2H3. The first kappa shape index (κ1) is 11.1. The van der Waals surface area contributed by atoms with Crippen molar-refractivity contribution in [1.82, 2.24) is 15.0 Å². The van der Waals surface area contributed by atoms with Crippen LogP contribution in [-0.4, -0.2) is 22.1 Å². The minimum atomic E-state index is 0.552. The van der Waals surface area contributed by atoms with E-state index >= 15 is 0 Å². The highest BCUT2D eigenvalue weighted by Gasteiger charge is 2.30. The maximum atomic E-state index is 5.39. The van der Waals surface area contributed by atoms with Gasteiger partial charge in [0.1, 0.15) is 6.33 Å². The average molecular weight is 241 g/mol. The number of nitrogens with zero attached hydrogens (tertiary/aromatic N) is 3. The van der Waals surface area contributed by atoms with Gasteiger partial charge in [-0.2, -0.15) is 0 Å². The summed E-state index contributed by atoms with van der Waals surface area (Å²) in [5.74, 6) is 1.19. The molecular weight excluding hydrogens is 226 g/mol. The summed E-state index contributed by atoms with van der Waals surface area (Å²) in [4.78, 5) is 13.0. The Balaban J connectivity index is 2.23. The molecule has 0 bridgehead atoms. The van der Waals surface area contributed by atoms with Crippen LogP contribution in [0.15, 0.2) is 24.7 Å². The molecule has 92 valence electrons. The largest absolute Gasteiger partial charge is 0.480 e. The SMILES string of the molecule is COc1ncnc(C2CC2)c1-c1cccnc1C. The summed E-state index contributed by atoms with van der Waals surface area (Å²) in [5.41, 5.74) is 4.15. The van der Waals surface area contributed by atoms with Crippen molar-refractivity contribution in [2.24, 2.45) is 0 Å². The predicted molar refractivity (Wildman–Crippen MR) is 68.5 cm³/mol. The van der Waals surface area contributed by atoms with Gasteiger partial charge >= 0.3 is 0 Å². The highest BCUT2D eigenvalue weighted by Crippen LogP contribution is 2.45. The molecule has 1 saturated carbocycles. The van der Waals surface area contributed by atoms with Crippen LogP contribution in [0, 0.1) is 6.92 Å². The van der Waals surface area contributed by atoms with Crippen LogP contribution in [0.5, 0.6) is 5.88 Å². The minimum Gasteiger partial charge on any atom is -0.480 e. The van der Waals surface area contributed by atoms with E-state index in [-0.39, 0.29) is 0 Å². The molecule has 0 spiro atoms. The zero-order valence-corrected chi connectivity index (χ0v) is 10.6. The Morgan fingerprint density at radius 2 is 2.06 bits per heavy atom. The van der Waals surface area contributed by atoms with Gasteiger partial charge < -0.3 is 4.74 Å². The number of aryl methyl sites for hydroxylation is 1. The first-order chi connectivity index (χ1) is 8.81. The second kappa shape index (κ2) is 4.37. The third kappa shape index (κ3) is 1.83. The van der Waals surface area contributed by atoms with Crippen molar-refractivity contribution in [3.05, 3.63) is 36.0 Å². The molecule has 0 aromatic carbocycles. The van der Waals surface area contributed by atoms with Crippen molar-refractivity contribution in [3.63, 3.8) is 0 Å². The third-order valence-corrected chi connectivity index (χ3v) is 3.28. The smallest absolute Gasteiger partial charge is 0.224 e. The number of pyridine rings is 1. The van der Waals surface area contributed by atoms with E-state index in [1.165, 1.54) is 12.8 Å². The van der Waals surface area contributed by atoms with Crippen LogP contribution < -0.4 is 4.74 Å². The quantitative estimate of drug-likeness (QED) is 0.829. The highest BCUT2D eigenvalue weighted by molar-refractivity contribution is 5.73. The Bertz CT molecular complexity index is 579. The van der Waals surface area contributed by atoms with Crippen LogP contribution in [0.4, 0.5) is 0 Å². The van der Waals surface area contributed by atoms with Crippen LogP contribution in [0.2, 0.25) is 0 Å². The lowest BCUT2D eigenvalue weighted by molar-refractivity contribution is 0.398. The maximum absolute atomic E-state index is 5.39. The Morgan fingerprint density at radius 3 is 2.72 bits per heavy atom. The van der Waals surface area contributed by atoms with Crippen LogP contribution in [0.1, 0.15) is 30.1 Å². The maximum Gasteiger partial charge on any atom is 0.224 e. The Hall–Kier alpha value is -1.97. The summed E-state index contributed by atoms with van der Waals surface area (Å²) in [6.45, 7) is 2.00. The average Bonchev–Trinajstić information content (AvgIpc) is 3.23.